The van der Waals surface area contributed by atoms with E-state index in [2.05, 4.69) is 17.3 Å². The van der Waals surface area contributed by atoms with Crippen LogP contribution in [0.15, 0.2) is 35.0 Å². The van der Waals surface area contributed by atoms with E-state index in [-0.39, 0.29) is 6.04 Å². The van der Waals surface area contributed by atoms with Crippen molar-refractivity contribution in [3.63, 3.8) is 0 Å². The van der Waals surface area contributed by atoms with Crippen LogP contribution in [0.3, 0.4) is 0 Å². The van der Waals surface area contributed by atoms with Crippen molar-refractivity contribution in [1.82, 2.24) is 5.16 Å². The average molecular weight is 244 g/mol. The standard InChI is InChI=1S/C14H16N2O2/c15-14-3-1-2-10-4-5-11(8-13(10)14)17-9-12-6-7-16-18-12/h4-8,14H,1-3,9,15H2/t14-/m0/s1. The van der Waals surface area contributed by atoms with E-state index in [0.717, 1.165) is 24.4 Å². The van der Waals surface area contributed by atoms with Crippen molar-refractivity contribution in [2.24, 2.45) is 5.73 Å². The third-order valence-corrected chi connectivity index (χ3v) is 3.35. The second-order valence-electron chi connectivity index (χ2n) is 4.63. The first-order chi connectivity index (χ1) is 8.83. The number of ether oxygens (including phenoxy) is 1. The van der Waals surface area contributed by atoms with Crippen LogP contribution in [0.25, 0.3) is 0 Å². The van der Waals surface area contributed by atoms with Crippen LogP contribution in [-0.4, -0.2) is 5.16 Å². The van der Waals surface area contributed by atoms with E-state index in [1.54, 1.807) is 12.3 Å². The summed E-state index contributed by atoms with van der Waals surface area (Å²) in [6.45, 7) is 0.397. The Bertz CT molecular complexity index is 523. The van der Waals surface area contributed by atoms with Crippen molar-refractivity contribution in [3.05, 3.63) is 47.3 Å². The third-order valence-electron chi connectivity index (χ3n) is 3.35. The Morgan fingerprint density at radius 3 is 3.17 bits per heavy atom. The van der Waals surface area contributed by atoms with E-state index in [1.807, 2.05) is 6.07 Å². The van der Waals surface area contributed by atoms with Crippen molar-refractivity contribution >= 4 is 0 Å². The lowest BCUT2D eigenvalue weighted by atomic mass is 9.88. The molecule has 0 fully saturated rings. The fraction of sp³-hybridized carbons (Fsp3) is 0.357. The van der Waals surface area contributed by atoms with E-state index in [4.69, 9.17) is 15.0 Å². The van der Waals surface area contributed by atoms with Gasteiger partial charge in [0.25, 0.3) is 0 Å². The smallest absolute Gasteiger partial charge is 0.174 e. The zero-order valence-electron chi connectivity index (χ0n) is 10.1. The van der Waals surface area contributed by atoms with Crippen LogP contribution >= 0.6 is 0 Å². The van der Waals surface area contributed by atoms with Crippen molar-refractivity contribution in [1.29, 1.82) is 0 Å². The van der Waals surface area contributed by atoms with Crippen LogP contribution in [0, 0.1) is 0 Å². The third kappa shape index (κ3) is 2.24. The maximum Gasteiger partial charge on any atom is 0.174 e. The molecule has 0 saturated heterocycles. The van der Waals surface area contributed by atoms with E-state index in [0.29, 0.717) is 6.61 Å². The zero-order chi connectivity index (χ0) is 12.4. The molecule has 0 spiro atoms. The topological polar surface area (TPSA) is 61.3 Å². The van der Waals surface area contributed by atoms with Crippen LogP contribution < -0.4 is 10.5 Å². The summed E-state index contributed by atoms with van der Waals surface area (Å²) in [5, 5.41) is 3.64. The van der Waals surface area contributed by atoms with E-state index < -0.39 is 0 Å². The highest BCUT2D eigenvalue weighted by Gasteiger charge is 2.17. The maximum atomic E-state index is 6.12. The Kier molecular flexibility index (Phi) is 3.02. The van der Waals surface area contributed by atoms with Gasteiger partial charge in [-0.05, 0) is 42.5 Å². The predicted octanol–water partition coefficient (Wildman–Crippen LogP) is 2.59. The highest BCUT2D eigenvalue weighted by Crippen LogP contribution is 2.31. The summed E-state index contributed by atoms with van der Waals surface area (Å²) < 4.78 is 10.7. The van der Waals surface area contributed by atoms with E-state index in [1.165, 1.54) is 17.5 Å². The van der Waals surface area contributed by atoms with Crippen molar-refractivity contribution in [3.8, 4) is 5.75 Å². The van der Waals surface area contributed by atoms with Gasteiger partial charge in [0.2, 0.25) is 0 Å². The summed E-state index contributed by atoms with van der Waals surface area (Å²) >= 11 is 0. The zero-order valence-corrected chi connectivity index (χ0v) is 10.1. The fourth-order valence-corrected chi connectivity index (χ4v) is 2.37. The number of hydrogen-bond donors (Lipinski definition) is 1. The molecule has 1 aliphatic rings. The molecule has 0 radical (unpaired) electrons. The molecule has 4 nitrogen and oxygen atoms in total. The van der Waals surface area contributed by atoms with E-state index >= 15 is 0 Å². The van der Waals surface area contributed by atoms with Crippen LogP contribution in [-0.2, 0) is 13.0 Å². The number of nitrogens with zero attached hydrogens (tertiary/aromatic N) is 1. The van der Waals surface area contributed by atoms with Gasteiger partial charge in [0.05, 0.1) is 6.20 Å². The van der Waals surface area contributed by atoms with Gasteiger partial charge in [-0.2, -0.15) is 0 Å². The molecule has 4 heteroatoms. The summed E-state index contributed by atoms with van der Waals surface area (Å²) in [7, 11) is 0. The highest BCUT2D eigenvalue weighted by atomic mass is 16.5. The summed E-state index contributed by atoms with van der Waals surface area (Å²) in [6.07, 6.45) is 4.96. The van der Waals surface area contributed by atoms with Gasteiger partial charge in [-0.25, -0.2) is 0 Å². The Labute approximate surface area is 106 Å². The van der Waals surface area contributed by atoms with Gasteiger partial charge in [-0.15, -0.1) is 0 Å². The molecule has 18 heavy (non-hydrogen) atoms. The van der Waals surface area contributed by atoms with Gasteiger partial charge in [-0.3, -0.25) is 0 Å². The van der Waals surface area contributed by atoms with Gasteiger partial charge >= 0.3 is 0 Å². The lowest BCUT2D eigenvalue weighted by molar-refractivity contribution is 0.249. The average Bonchev–Trinajstić information content (AvgIpc) is 2.90. The summed E-state index contributed by atoms with van der Waals surface area (Å²) in [4.78, 5) is 0. The monoisotopic (exact) mass is 244 g/mol. The molecule has 1 aliphatic carbocycles. The molecule has 1 aromatic heterocycles. The minimum absolute atomic E-state index is 0.141. The fourth-order valence-electron chi connectivity index (χ4n) is 2.37. The van der Waals surface area contributed by atoms with Crippen molar-refractivity contribution in [2.45, 2.75) is 31.9 Å². The molecule has 94 valence electrons. The van der Waals surface area contributed by atoms with Crippen LogP contribution in [0.1, 0.15) is 35.8 Å². The number of rotatable bonds is 3. The number of aromatic nitrogens is 1. The number of hydrogen-bond acceptors (Lipinski definition) is 4. The molecule has 1 aromatic carbocycles. The molecule has 0 amide bonds. The molecule has 1 atom stereocenters. The minimum atomic E-state index is 0.141. The molecule has 2 N–H and O–H groups in total. The highest BCUT2D eigenvalue weighted by molar-refractivity contribution is 5.39. The number of nitrogens with two attached hydrogens (primary N) is 1. The SMILES string of the molecule is N[C@H]1CCCc2ccc(OCc3ccno3)cc21. The Morgan fingerprint density at radius 1 is 1.39 bits per heavy atom. The van der Waals surface area contributed by atoms with Gasteiger partial charge in [0, 0.05) is 12.1 Å². The lowest BCUT2D eigenvalue weighted by Crippen LogP contribution is -2.17. The Balaban J connectivity index is 1.75. The van der Waals surface area contributed by atoms with Crippen LogP contribution in [0.2, 0.25) is 0 Å². The molecule has 1 heterocycles. The maximum absolute atomic E-state index is 6.12. The molecular formula is C14H16N2O2. The van der Waals surface area contributed by atoms with Gasteiger partial charge < -0.3 is 15.0 Å². The molecule has 0 bridgehead atoms. The van der Waals surface area contributed by atoms with Crippen LogP contribution in [0.4, 0.5) is 0 Å². The van der Waals surface area contributed by atoms with E-state index in [9.17, 15) is 0 Å². The molecular weight excluding hydrogens is 228 g/mol. The first kappa shape index (κ1) is 11.3. The molecule has 2 aromatic rings. The first-order valence-corrected chi connectivity index (χ1v) is 6.24. The largest absolute Gasteiger partial charge is 0.486 e. The summed E-state index contributed by atoms with van der Waals surface area (Å²) in [6, 6.07) is 8.10. The van der Waals surface area contributed by atoms with Crippen molar-refractivity contribution < 1.29 is 9.26 Å². The molecule has 0 unspecified atom stereocenters. The predicted molar refractivity (Wildman–Crippen MR) is 67.1 cm³/mol. The number of benzene rings is 1. The number of fused-ring (bicyclic) bond motifs is 1. The second kappa shape index (κ2) is 4.82. The second-order valence-corrected chi connectivity index (χ2v) is 4.63. The lowest BCUT2D eigenvalue weighted by Gasteiger charge is -2.22. The van der Waals surface area contributed by atoms with Gasteiger partial charge in [-0.1, -0.05) is 11.2 Å². The van der Waals surface area contributed by atoms with Gasteiger partial charge in [0.15, 0.2) is 5.76 Å². The first-order valence-electron chi connectivity index (χ1n) is 6.24. The quantitative estimate of drug-likeness (QED) is 0.901. The molecule has 3 rings (SSSR count). The summed E-state index contributed by atoms with van der Waals surface area (Å²) in [5.74, 6) is 1.56. The molecule has 0 aliphatic heterocycles. The van der Waals surface area contributed by atoms with Crippen LogP contribution in [0.5, 0.6) is 5.75 Å². The number of aryl methyl sites for hydroxylation is 1. The van der Waals surface area contributed by atoms with Crippen molar-refractivity contribution in [2.75, 3.05) is 0 Å². The van der Waals surface area contributed by atoms with Gasteiger partial charge in [0.1, 0.15) is 12.4 Å². The normalized spacial score (nSPS) is 18.4. The Hall–Kier alpha value is -1.81. The summed E-state index contributed by atoms with van der Waals surface area (Å²) in [5.41, 5.74) is 8.69. The Morgan fingerprint density at radius 2 is 2.33 bits per heavy atom. The molecule has 0 saturated carbocycles. The minimum Gasteiger partial charge on any atom is -0.486 e.